The van der Waals surface area contributed by atoms with Crippen molar-refractivity contribution >= 4 is 15.9 Å². The zero-order valence-electron chi connectivity index (χ0n) is 11.6. The topological polar surface area (TPSA) is 44.5 Å². The number of rotatable bonds is 5. The van der Waals surface area contributed by atoms with E-state index in [2.05, 4.69) is 15.9 Å². The number of benzene rings is 2. The van der Waals surface area contributed by atoms with Gasteiger partial charge in [0.1, 0.15) is 5.75 Å². The molecule has 0 saturated heterocycles. The van der Waals surface area contributed by atoms with Gasteiger partial charge < -0.3 is 15.2 Å². The Morgan fingerprint density at radius 3 is 2.45 bits per heavy atom. The van der Waals surface area contributed by atoms with Crippen molar-refractivity contribution < 1.29 is 9.47 Å². The van der Waals surface area contributed by atoms with Crippen LogP contribution in [0.15, 0.2) is 46.9 Å². The molecule has 0 fully saturated rings. The Bertz CT molecular complexity index is 584. The van der Waals surface area contributed by atoms with Crippen LogP contribution in [-0.4, -0.2) is 6.61 Å². The maximum Gasteiger partial charge on any atom is 0.169 e. The van der Waals surface area contributed by atoms with Gasteiger partial charge in [0.25, 0.3) is 0 Å². The number of para-hydroxylation sites is 2. The number of ether oxygens (including phenoxy) is 2. The highest BCUT2D eigenvalue weighted by Crippen LogP contribution is 2.34. The van der Waals surface area contributed by atoms with E-state index in [9.17, 15) is 0 Å². The van der Waals surface area contributed by atoms with Crippen LogP contribution in [0.25, 0.3) is 0 Å². The van der Waals surface area contributed by atoms with Crippen LogP contribution < -0.4 is 15.2 Å². The first-order valence-corrected chi connectivity index (χ1v) is 7.35. The third-order valence-electron chi connectivity index (χ3n) is 2.84. The van der Waals surface area contributed by atoms with Gasteiger partial charge in [-0.1, -0.05) is 34.1 Å². The van der Waals surface area contributed by atoms with Crippen LogP contribution in [0.1, 0.15) is 25.5 Å². The van der Waals surface area contributed by atoms with E-state index in [4.69, 9.17) is 15.2 Å². The van der Waals surface area contributed by atoms with Gasteiger partial charge in [-0.2, -0.15) is 0 Å². The molecule has 2 rings (SSSR count). The summed E-state index contributed by atoms with van der Waals surface area (Å²) in [6, 6.07) is 13.4. The Balaban J connectivity index is 2.24. The molecule has 1 atom stereocenters. The van der Waals surface area contributed by atoms with E-state index in [0.717, 1.165) is 21.5 Å². The lowest BCUT2D eigenvalue weighted by Crippen LogP contribution is -2.05. The summed E-state index contributed by atoms with van der Waals surface area (Å²) in [4.78, 5) is 0. The monoisotopic (exact) mass is 335 g/mol. The number of halogens is 1. The second-order valence-electron chi connectivity index (χ2n) is 4.45. The van der Waals surface area contributed by atoms with E-state index < -0.39 is 0 Å². The van der Waals surface area contributed by atoms with Gasteiger partial charge in [-0.25, -0.2) is 0 Å². The minimum atomic E-state index is -0.0193. The van der Waals surface area contributed by atoms with Gasteiger partial charge in [-0.15, -0.1) is 0 Å². The normalized spacial score (nSPS) is 12.0. The van der Waals surface area contributed by atoms with E-state index in [-0.39, 0.29) is 6.04 Å². The predicted molar refractivity (Wildman–Crippen MR) is 84.4 cm³/mol. The molecule has 2 N–H and O–H groups in total. The molecule has 0 aromatic heterocycles. The van der Waals surface area contributed by atoms with E-state index in [1.807, 2.05) is 56.3 Å². The van der Waals surface area contributed by atoms with Crippen molar-refractivity contribution in [3.63, 3.8) is 0 Å². The zero-order chi connectivity index (χ0) is 14.5. The molecule has 0 radical (unpaired) electrons. The molecule has 0 spiro atoms. The fraction of sp³-hybridized carbons (Fsp3) is 0.250. The van der Waals surface area contributed by atoms with Crippen molar-refractivity contribution in [2.75, 3.05) is 6.61 Å². The van der Waals surface area contributed by atoms with Crippen molar-refractivity contribution in [3.05, 3.63) is 52.5 Å². The molecule has 4 heteroatoms. The Hall–Kier alpha value is -1.52. The lowest BCUT2D eigenvalue weighted by molar-refractivity contribution is 0.321. The molecule has 0 aliphatic carbocycles. The zero-order valence-corrected chi connectivity index (χ0v) is 13.2. The predicted octanol–water partition coefficient (Wildman–Crippen LogP) is 4.66. The standard InChI is InChI=1S/C16H18BrNO2/c1-3-19-15-6-4-5-7-16(15)20-12-8-9-13(11(2)18)14(17)10-12/h4-11H,3,18H2,1-2H3. The highest BCUT2D eigenvalue weighted by Gasteiger charge is 2.09. The molecular formula is C16H18BrNO2. The lowest BCUT2D eigenvalue weighted by atomic mass is 10.1. The summed E-state index contributed by atoms with van der Waals surface area (Å²) in [5.41, 5.74) is 6.94. The molecule has 0 bridgehead atoms. The number of hydrogen-bond acceptors (Lipinski definition) is 3. The summed E-state index contributed by atoms with van der Waals surface area (Å²) in [5.74, 6) is 2.19. The summed E-state index contributed by atoms with van der Waals surface area (Å²) in [5, 5.41) is 0. The van der Waals surface area contributed by atoms with Crippen LogP contribution >= 0.6 is 15.9 Å². The summed E-state index contributed by atoms with van der Waals surface area (Å²) in [6.45, 7) is 4.50. The lowest BCUT2D eigenvalue weighted by Gasteiger charge is -2.13. The van der Waals surface area contributed by atoms with Gasteiger partial charge >= 0.3 is 0 Å². The van der Waals surface area contributed by atoms with Gasteiger partial charge in [0.15, 0.2) is 11.5 Å². The van der Waals surface area contributed by atoms with Crippen molar-refractivity contribution in [2.45, 2.75) is 19.9 Å². The molecule has 0 aliphatic heterocycles. The van der Waals surface area contributed by atoms with Crippen molar-refractivity contribution in [1.29, 1.82) is 0 Å². The largest absolute Gasteiger partial charge is 0.490 e. The van der Waals surface area contributed by atoms with E-state index >= 15 is 0 Å². The third-order valence-corrected chi connectivity index (χ3v) is 3.53. The SMILES string of the molecule is CCOc1ccccc1Oc1ccc(C(C)N)c(Br)c1. The Morgan fingerprint density at radius 1 is 1.15 bits per heavy atom. The van der Waals surface area contributed by atoms with Gasteiger partial charge in [0.05, 0.1) is 6.61 Å². The molecule has 0 heterocycles. The smallest absolute Gasteiger partial charge is 0.169 e. The average molecular weight is 336 g/mol. The fourth-order valence-electron chi connectivity index (χ4n) is 1.88. The van der Waals surface area contributed by atoms with Crippen LogP contribution in [0.3, 0.4) is 0 Å². The van der Waals surface area contributed by atoms with Crippen LogP contribution in [0.4, 0.5) is 0 Å². The fourth-order valence-corrected chi connectivity index (χ4v) is 2.60. The summed E-state index contributed by atoms with van der Waals surface area (Å²) in [7, 11) is 0. The second kappa shape index (κ2) is 6.77. The average Bonchev–Trinajstić information content (AvgIpc) is 2.41. The molecule has 0 amide bonds. The quantitative estimate of drug-likeness (QED) is 0.864. The minimum absolute atomic E-state index is 0.0193. The third kappa shape index (κ3) is 3.52. The molecule has 1 unspecified atom stereocenters. The molecule has 0 saturated carbocycles. The summed E-state index contributed by atoms with van der Waals surface area (Å²) in [6.07, 6.45) is 0. The summed E-state index contributed by atoms with van der Waals surface area (Å²) >= 11 is 3.52. The van der Waals surface area contributed by atoms with Crippen molar-refractivity contribution in [3.8, 4) is 17.2 Å². The highest BCUT2D eigenvalue weighted by molar-refractivity contribution is 9.10. The van der Waals surface area contributed by atoms with Crippen molar-refractivity contribution in [2.24, 2.45) is 5.73 Å². The molecule has 2 aromatic rings. The highest BCUT2D eigenvalue weighted by atomic mass is 79.9. The van der Waals surface area contributed by atoms with E-state index in [1.165, 1.54) is 0 Å². The molecular weight excluding hydrogens is 318 g/mol. The Kier molecular flexibility index (Phi) is 5.04. The van der Waals surface area contributed by atoms with Crippen LogP contribution in [0, 0.1) is 0 Å². The number of hydrogen-bond donors (Lipinski definition) is 1. The summed E-state index contributed by atoms with van der Waals surface area (Å²) < 4.78 is 12.4. The molecule has 2 aromatic carbocycles. The van der Waals surface area contributed by atoms with Crippen LogP contribution in [0.5, 0.6) is 17.2 Å². The number of nitrogens with two attached hydrogens (primary N) is 1. The Morgan fingerprint density at radius 2 is 1.85 bits per heavy atom. The molecule has 3 nitrogen and oxygen atoms in total. The van der Waals surface area contributed by atoms with Gasteiger partial charge in [-0.3, -0.25) is 0 Å². The van der Waals surface area contributed by atoms with E-state index in [0.29, 0.717) is 12.4 Å². The minimum Gasteiger partial charge on any atom is -0.490 e. The molecule has 106 valence electrons. The Labute approximate surface area is 127 Å². The first-order valence-electron chi connectivity index (χ1n) is 6.56. The maximum absolute atomic E-state index is 5.89. The van der Waals surface area contributed by atoms with Crippen LogP contribution in [-0.2, 0) is 0 Å². The maximum atomic E-state index is 5.89. The van der Waals surface area contributed by atoms with Crippen LogP contribution in [0.2, 0.25) is 0 Å². The van der Waals surface area contributed by atoms with Gasteiger partial charge in [0.2, 0.25) is 0 Å². The first kappa shape index (κ1) is 14.9. The molecule has 20 heavy (non-hydrogen) atoms. The van der Waals surface area contributed by atoms with E-state index in [1.54, 1.807) is 0 Å². The molecule has 0 aliphatic rings. The first-order chi connectivity index (χ1) is 9.61. The van der Waals surface area contributed by atoms with Crippen molar-refractivity contribution in [1.82, 2.24) is 0 Å². The van der Waals surface area contributed by atoms with Gasteiger partial charge in [-0.05, 0) is 43.7 Å². The second-order valence-corrected chi connectivity index (χ2v) is 5.31. The van der Waals surface area contributed by atoms with Gasteiger partial charge in [0, 0.05) is 10.5 Å².